The summed E-state index contributed by atoms with van der Waals surface area (Å²) in [5.41, 5.74) is 4.02. The Morgan fingerprint density at radius 1 is 1.20 bits per heavy atom. The molecule has 1 N–H and O–H groups in total. The highest BCUT2D eigenvalue weighted by Gasteiger charge is 2.38. The van der Waals surface area contributed by atoms with Gasteiger partial charge in [0.2, 0.25) is 0 Å². The van der Waals surface area contributed by atoms with Gasteiger partial charge in [-0.25, -0.2) is 14.2 Å². The smallest absolute Gasteiger partial charge is 0.327 e. The van der Waals surface area contributed by atoms with Crippen LogP contribution in [0.4, 0.5) is 26.4 Å². The molecule has 0 aliphatic carbocycles. The molecule has 0 unspecified atom stereocenters. The molecule has 1 fully saturated rings. The molecule has 0 aromatic carbocycles. The minimum atomic E-state index is -0.497. The molecule has 8 heteroatoms. The molecule has 7 nitrogen and oxygen atoms in total. The van der Waals surface area contributed by atoms with Gasteiger partial charge in [0.05, 0.1) is 35.5 Å². The largest absolute Gasteiger partial charge is 0.366 e. The van der Waals surface area contributed by atoms with Gasteiger partial charge in [-0.05, 0) is 43.5 Å². The summed E-state index contributed by atoms with van der Waals surface area (Å²) in [6.45, 7) is 3.71. The number of hydrogen-bond acceptors (Lipinski definition) is 5. The SMILES string of the molecule is Cc1ccncc1-c1ccc2c(n1)N(C(=O)Nc1cncc(F)c1)[C@H]1CCCN2C1. The third-order valence-corrected chi connectivity index (χ3v) is 5.68. The van der Waals surface area contributed by atoms with Crippen molar-refractivity contribution in [2.24, 2.45) is 0 Å². The van der Waals surface area contributed by atoms with Gasteiger partial charge in [0.15, 0.2) is 5.82 Å². The Morgan fingerprint density at radius 3 is 2.93 bits per heavy atom. The Bertz CT molecular complexity index is 1120. The van der Waals surface area contributed by atoms with Gasteiger partial charge in [0.25, 0.3) is 0 Å². The van der Waals surface area contributed by atoms with Crippen molar-refractivity contribution in [2.75, 3.05) is 28.2 Å². The monoisotopic (exact) mass is 404 g/mol. The van der Waals surface area contributed by atoms with Gasteiger partial charge in [0, 0.05) is 37.1 Å². The zero-order valence-corrected chi connectivity index (χ0v) is 16.5. The van der Waals surface area contributed by atoms with Gasteiger partial charge in [-0.1, -0.05) is 0 Å². The van der Waals surface area contributed by atoms with Gasteiger partial charge in [-0.15, -0.1) is 0 Å². The second-order valence-electron chi connectivity index (χ2n) is 7.66. The summed E-state index contributed by atoms with van der Waals surface area (Å²) in [5, 5.41) is 2.78. The molecule has 2 aliphatic rings. The fourth-order valence-electron chi connectivity index (χ4n) is 4.23. The second-order valence-corrected chi connectivity index (χ2v) is 7.66. The van der Waals surface area contributed by atoms with E-state index in [4.69, 9.17) is 4.98 Å². The van der Waals surface area contributed by atoms with Crippen molar-refractivity contribution in [1.82, 2.24) is 15.0 Å². The predicted octanol–water partition coefficient (Wildman–Crippen LogP) is 4.01. The minimum absolute atomic E-state index is 0.00511. The first-order valence-corrected chi connectivity index (χ1v) is 9.98. The summed E-state index contributed by atoms with van der Waals surface area (Å²) in [6, 6.07) is 6.87. The standard InChI is InChI=1S/C22H21FN6O/c1-14-6-7-24-12-18(14)19-4-5-20-21(27-19)29(17-3-2-8-28(20)13-17)22(30)26-16-9-15(23)10-25-11-16/h4-7,9-12,17H,2-3,8,13H2,1H3,(H,26,30)/t17-/m0/s1. The number of anilines is 3. The molecule has 2 bridgehead atoms. The van der Waals surface area contributed by atoms with Crippen molar-refractivity contribution in [3.63, 3.8) is 0 Å². The van der Waals surface area contributed by atoms with Crippen molar-refractivity contribution in [3.05, 3.63) is 60.4 Å². The lowest BCUT2D eigenvalue weighted by Gasteiger charge is -2.45. The summed E-state index contributed by atoms with van der Waals surface area (Å²) >= 11 is 0. The van der Waals surface area contributed by atoms with E-state index in [1.54, 1.807) is 17.3 Å². The van der Waals surface area contributed by atoms with Crippen molar-refractivity contribution in [3.8, 4) is 11.3 Å². The Morgan fingerprint density at radius 2 is 2.10 bits per heavy atom. The lowest BCUT2D eigenvalue weighted by atomic mass is 9.99. The molecule has 1 saturated heterocycles. The molecule has 2 amide bonds. The molecule has 2 aliphatic heterocycles. The first kappa shape index (κ1) is 18.5. The van der Waals surface area contributed by atoms with Crippen LogP contribution in [0.1, 0.15) is 18.4 Å². The maximum atomic E-state index is 13.5. The average Bonchev–Trinajstić information content (AvgIpc) is 2.74. The van der Waals surface area contributed by atoms with Crippen LogP contribution in [-0.2, 0) is 0 Å². The molecular formula is C22H21FN6O. The molecule has 3 aromatic heterocycles. The van der Waals surface area contributed by atoms with E-state index >= 15 is 0 Å². The van der Waals surface area contributed by atoms with Crippen molar-refractivity contribution < 1.29 is 9.18 Å². The lowest BCUT2D eigenvalue weighted by Crippen LogP contribution is -2.56. The Hall–Kier alpha value is -3.55. The Labute approximate surface area is 173 Å². The number of nitrogens with one attached hydrogen (secondary N) is 1. The van der Waals surface area contributed by atoms with E-state index in [1.165, 1.54) is 12.3 Å². The van der Waals surface area contributed by atoms with E-state index in [-0.39, 0.29) is 12.1 Å². The van der Waals surface area contributed by atoms with Crippen LogP contribution in [0.2, 0.25) is 0 Å². The highest BCUT2D eigenvalue weighted by Crippen LogP contribution is 2.39. The zero-order chi connectivity index (χ0) is 20.7. The fraction of sp³-hybridized carbons (Fsp3) is 0.273. The predicted molar refractivity (Wildman–Crippen MR) is 113 cm³/mol. The normalized spacial score (nSPS) is 17.5. The molecule has 30 heavy (non-hydrogen) atoms. The molecule has 152 valence electrons. The van der Waals surface area contributed by atoms with Crippen LogP contribution in [0.25, 0.3) is 11.3 Å². The van der Waals surface area contributed by atoms with E-state index in [0.717, 1.165) is 54.6 Å². The van der Waals surface area contributed by atoms with Gasteiger partial charge >= 0.3 is 6.03 Å². The van der Waals surface area contributed by atoms with Crippen LogP contribution in [0.5, 0.6) is 0 Å². The van der Waals surface area contributed by atoms with Gasteiger partial charge < -0.3 is 10.2 Å². The van der Waals surface area contributed by atoms with E-state index in [0.29, 0.717) is 11.5 Å². The number of urea groups is 1. The zero-order valence-electron chi connectivity index (χ0n) is 16.5. The van der Waals surface area contributed by atoms with Crippen molar-refractivity contribution in [2.45, 2.75) is 25.8 Å². The summed E-state index contributed by atoms with van der Waals surface area (Å²) in [5.74, 6) is 0.122. The van der Waals surface area contributed by atoms with Crippen LogP contribution < -0.4 is 15.1 Å². The highest BCUT2D eigenvalue weighted by molar-refractivity contribution is 6.04. The number of aryl methyl sites for hydroxylation is 1. The first-order valence-electron chi connectivity index (χ1n) is 9.98. The van der Waals surface area contributed by atoms with E-state index in [9.17, 15) is 9.18 Å². The van der Waals surface area contributed by atoms with Crippen molar-refractivity contribution in [1.29, 1.82) is 0 Å². The molecule has 0 radical (unpaired) electrons. The first-order chi connectivity index (χ1) is 14.6. The van der Waals surface area contributed by atoms with Crippen molar-refractivity contribution >= 4 is 23.2 Å². The molecule has 1 atom stereocenters. The number of amides is 2. The van der Waals surface area contributed by atoms with Crippen LogP contribution in [-0.4, -0.2) is 40.1 Å². The molecule has 3 aromatic rings. The molecule has 5 heterocycles. The fourth-order valence-corrected chi connectivity index (χ4v) is 4.23. The number of hydrogen-bond donors (Lipinski definition) is 1. The number of piperidine rings is 1. The number of fused-ring (bicyclic) bond motifs is 4. The Kier molecular flexibility index (Phi) is 4.54. The third-order valence-electron chi connectivity index (χ3n) is 5.68. The van der Waals surface area contributed by atoms with Crippen LogP contribution >= 0.6 is 0 Å². The molecule has 5 rings (SSSR count). The average molecular weight is 404 g/mol. The molecule has 0 saturated carbocycles. The number of carbonyl (C=O) groups excluding carboxylic acids is 1. The summed E-state index contributed by atoms with van der Waals surface area (Å²) in [7, 11) is 0. The van der Waals surface area contributed by atoms with Gasteiger partial charge in [-0.3, -0.25) is 14.9 Å². The number of halogens is 1. The number of nitrogens with zero attached hydrogens (tertiary/aromatic N) is 5. The maximum absolute atomic E-state index is 13.5. The third kappa shape index (κ3) is 3.24. The van der Waals surface area contributed by atoms with E-state index in [2.05, 4.69) is 20.2 Å². The minimum Gasteiger partial charge on any atom is -0.366 e. The van der Waals surface area contributed by atoms with Gasteiger partial charge in [0.1, 0.15) is 5.82 Å². The summed E-state index contributed by atoms with van der Waals surface area (Å²) < 4.78 is 13.5. The maximum Gasteiger partial charge on any atom is 0.327 e. The van der Waals surface area contributed by atoms with E-state index in [1.807, 2.05) is 25.1 Å². The van der Waals surface area contributed by atoms with Gasteiger partial charge in [-0.2, -0.15) is 0 Å². The second kappa shape index (κ2) is 7.37. The number of aromatic nitrogens is 3. The molecular weight excluding hydrogens is 383 g/mol. The highest BCUT2D eigenvalue weighted by atomic mass is 19.1. The topological polar surface area (TPSA) is 74.2 Å². The summed E-state index contributed by atoms with van der Waals surface area (Å²) in [6.07, 6.45) is 7.97. The van der Waals surface area contributed by atoms with Crippen LogP contribution in [0.3, 0.4) is 0 Å². The quantitative estimate of drug-likeness (QED) is 0.699. The van der Waals surface area contributed by atoms with Crippen LogP contribution in [0.15, 0.2) is 49.1 Å². The Balaban J connectivity index is 1.56. The number of pyridine rings is 3. The molecule has 0 spiro atoms. The summed E-state index contributed by atoms with van der Waals surface area (Å²) in [4.78, 5) is 30.2. The van der Waals surface area contributed by atoms with E-state index < -0.39 is 5.82 Å². The lowest BCUT2D eigenvalue weighted by molar-refractivity contribution is 0.252. The van der Waals surface area contributed by atoms with Crippen LogP contribution in [0, 0.1) is 12.7 Å². The number of carbonyl (C=O) groups is 1. The number of rotatable bonds is 2.